The quantitative estimate of drug-likeness (QED) is 0.707. The summed E-state index contributed by atoms with van der Waals surface area (Å²) in [5.41, 5.74) is -0.177. The molecular formula is C11H14N4O3S. The maximum Gasteiger partial charge on any atom is 0.332 e. The van der Waals surface area contributed by atoms with Gasteiger partial charge in [-0.15, -0.1) is 0 Å². The summed E-state index contributed by atoms with van der Waals surface area (Å²) in [6.07, 6.45) is 0. The molecule has 1 fully saturated rings. The van der Waals surface area contributed by atoms with Gasteiger partial charge in [-0.25, -0.2) is 4.79 Å². The van der Waals surface area contributed by atoms with E-state index in [9.17, 15) is 9.59 Å². The Balaban J connectivity index is 2.28. The molecule has 1 aliphatic heterocycles. The number of ether oxygens (including phenoxy) is 1. The fourth-order valence-corrected chi connectivity index (χ4v) is 3.20. The summed E-state index contributed by atoms with van der Waals surface area (Å²) in [5.74, 6) is 0. The number of anilines is 1. The first-order valence-electron chi connectivity index (χ1n) is 5.99. The van der Waals surface area contributed by atoms with Gasteiger partial charge in [0, 0.05) is 27.2 Å². The SMILES string of the molecule is Cn1c(=O)c2c(N3CCOCC3)snc2n(C)c1=O. The molecule has 3 heterocycles. The van der Waals surface area contributed by atoms with Crippen molar-refractivity contribution in [1.29, 1.82) is 0 Å². The Morgan fingerprint density at radius 2 is 1.84 bits per heavy atom. The lowest BCUT2D eigenvalue weighted by atomic mass is 10.3. The second kappa shape index (κ2) is 4.46. The molecule has 0 saturated carbocycles. The number of rotatable bonds is 1. The van der Waals surface area contributed by atoms with Crippen LogP contribution in [0, 0.1) is 0 Å². The van der Waals surface area contributed by atoms with Crippen LogP contribution >= 0.6 is 11.5 Å². The smallest absolute Gasteiger partial charge is 0.332 e. The van der Waals surface area contributed by atoms with Crippen molar-refractivity contribution in [2.24, 2.45) is 14.1 Å². The molecule has 0 N–H and O–H groups in total. The molecule has 0 radical (unpaired) electrons. The third-order valence-corrected chi connectivity index (χ3v) is 4.26. The lowest BCUT2D eigenvalue weighted by Crippen LogP contribution is -2.39. The summed E-state index contributed by atoms with van der Waals surface area (Å²) >= 11 is 1.26. The summed E-state index contributed by atoms with van der Waals surface area (Å²) in [5, 5.41) is 1.35. The number of morpholine rings is 1. The lowest BCUT2D eigenvalue weighted by molar-refractivity contribution is 0.123. The molecule has 0 atom stereocenters. The van der Waals surface area contributed by atoms with E-state index in [1.165, 1.54) is 23.1 Å². The van der Waals surface area contributed by atoms with Crippen molar-refractivity contribution in [2.75, 3.05) is 31.2 Å². The van der Waals surface area contributed by atoms with Crippen LogP contribution in [0.2, 0.25) is 0 Å². The van der Waals surface area contributed by atoms with E-state index in [2.05, 4.69) is 9.27 Å². The van der Waals surface area contributed by atoms with Crippen molar-refractivity contribution in [2.45, 2.75) is 0 Å². The van der Waals surface area contributed by atoms with Crippen molar-refractivity contribution in [3.05, 3.63) is 20.8 Å². The monoisotopic (exact) mass is 282 g/mol. The highest BCUT2D eigenvalue weighted by atomic mass is 32.1. The molecule has 2 aromatic rings. The molecule has 2 aromatic heterocycles. The van der Waals surface area contributed by atoms with E-state index in [4.69, 9.17) is 4.74 Å². The van der Waals surface area contributed by atoms with Crippen LogP contribution in [0.1, 0.15) is 0 Å². The van der Waals surface area contributed by atoms with Gasteiger partial charge in [0.1, 0.15) is 10.4 Å². The molecule has 0 amide bonds. The van der Waals surface area contributed by atoms with Gasteiger partial charge >= 0.3 is 5.69 Å². The Hall–Kier alpha value is -1.67. The van der Waals surface area contributed by atoms with Crippen LogP contribution in [0.4, 0.5) is 5.00 Å². The average Bonchev–Trinajstić information content (AvgIpc) is 2.88. The normalized spacial score (nSPS) is 16.2. The van der Waals surface area contributed by atoms with Crippen molar-refractivity contribution in [1.82, 2.24) is 13.5 Å². The molecule has 0 aromatic carbocycles. The summed E-state index contributed by atoms with van der Waals surface area (Å²) < 4.78 is 12.1. The van der Waals surface area contributed by atoms with E-state index < -0.39 is 0 Å². The Morgan fingerprint density at radius 3 is 2.53 bits per heavy atom. The average molecular weight is 282 g/mol. The first kappa shape index (κ1) is 12.4. The molecular weight excluding hydrogens is 268 g/mol. The topological polar surface area (TPSA) is 69.4 Å². The zero-order chi connectivity index (χ0) is 13.6. The van der Waals surface area contributed by atoms with Gasteiger partial charge < -0.3 is 9.64 Å². The molecule has 19 heavy (non-hydrogen) atoms. The Labute approximate surface area is 112 Å². The highest BCUT2D eigenvalue weighted by molar-refractivity contribution is 7.11. The van der Waals surface area contributed by atoms with E-state index in [0.29, 0.717) is 24.2 Å². The molecule has 1 aliphatic rings. The summed E-state index contributed by atoms with van der Waals surface area (Å²) in [6.45, 7) is 2.77. The van der Waals surface area contributed by atoms with Crippen molar-refractivity contribution < 1.29 is 4.74 Å². The third-order valence-electron chi connectivity index (χ3n) is 3.36. The lowest BCUT2D eigenvalue weighted by Gasteiger charge is -2.27. The minimum Gasteiger partial charge on any atom is -0.378 e. The number of fused-ring (bicyclic) bond motifs is 1. The van der Waals surface area contributed by atoms with Crippen LogP contribution in [0.25, 0.3) is 11.0 Å². The van der Waals surface area contributed by atoms with Gasteiger partial charge in [0.15, 0.2) is 5.65 Å². The molecule has 3 rings (SSSR count). The van der Waals surface area contributed by atoms with Crippen LogP contribution < -0.4 is 16.1 Å². The molecule has 0 unspecified atom stereocenters. The maximum absolute atomic E-state index is 12.3. The van der Waals surface area contributed by atoms with Gasteiger partial charge in [0.05, 0.1) is 13.2 Å². The largest absolute Gasteiger partial charge is 0.378 e. The molecule has 0 spiro atoms. The highest BCUT2D eigenvalue weighted by Gasteiger charge is 2.21. The van der Waals surface area contributed by atoms with Crippen molar-refractivity contribution in [3.63, 3.8) is 0 Å². The van der Waals surface area contributed by atoms with Gasteiger partial charge in [-0.3, -0.25) is 13.9 Å². The Kier molecular flexibility index (Phi) is 2.90. The predicted molar refractivity (Wildman–Crippen MR) is 73.1 cm³/mol. The number of hydrogen-bond donors (Lipinski definition) is 0. The van der Waals surface area contributed by atoms with Crippen LogP contribution in [0.3, 0.4) is 0 Å². The van der Waals surface area contributed by atoms with Gasteiger partial charge in [-0.05, 0) is 11.5 Å². The fraction of sp³-hybridized carbons (Fsp3) is 0.545. The molecule has 0 bridgehead atoms. The summed E-state index contributed by atoms with van der Waals surface area (Å²) in [6, 6.07) is 0. The standard InChI is InChI=1S/C11H14N4O3S/c1-13-8-7(9(16)14(2)11(13)17)10(19-12-8)15-3-5-18-6-4-15/h3-6H2,1-2H3. The molecule has 102 valence electrons. The van der Waals surface area contributed by atoms with E-state index >= 15 is 0 Å². The first-order valence-corrected chi connectivity index (χ1v) is 6.76. The predicted octanol–water partition coefficient (Wildman–Crippen LogP) is -0.470. The second-order valence-corrected chi connectivity index (χ2v) is 5.24. The Bertz CT molecular complexity index is 739. The van der Waals surface area contributed by atoms with Crippen molar-refractivity contribution in [3.8, 4) is 0 Å². The van der Waals surface area contributed by atoms with Gasteiger partial charge in [-0.1, -0.05) is 0 Å². The first-order chi connectivity index (χ1) is 9.11. The minimum absolute atomic E-state index is 0.284. The van der Waals surface area contributed by atoms with Crippen LogP contribution in [0.5, 0.6) is 0 Å². The molecule has 0 aliphatic carbocycles. The number of nitrogens with zero attached hydrogens (tertiary/aromatic N) is 4. The number of aromatic nitrogens is 3. The summed E-state index contributed by atoms with van der Waals surface area (Å²) in [4.78, 5) is 26.2. The van der Waals surface area contributed by atoms with Gasteiger partial charge in [-0.2, -0.15) is 4.37 Å². The van der Waals surface area contributed by atoms with Crippen molar-refractivity contribution >= 4 is 27.6 Å². The zero-order valence-corrected chi connectivity index (χ0v) is 11.6. The van der Waals surface area contributed by atoms with Crippen LogP contribution in [0.15, 0.2) is 9.59 Å². The summed E-state index contributed by atoms with van der Waals surface area (Å²) in [7, 11) is 3.12. The number of hydrogen-bond acceptors (Lipinski definition) is 6. The van der Waals surface area contributed by atoms with Gasteiger partial charge in [0.25, 0.3) is 5.56 Å². The minimum atomic E-state index is -0.351. The maximum atomic E-state index is 12.3. The highest BCUT2D eigenvalue weighted by Crippen LogP contribution is 2.28. The van der Waals surface area contributed by atoms with Crippen LogP contribution in [-0.2, 0) is 18.8 Å². The van der Waals surface area contributed by atoms with E-state index in [0.717, 1.165) is 22.7 Å². The third kappa shape index (κ3) is 1.79. The molecule has 8 heteroatoms. The molecule has 1 saturated heterocycles. The van der Waals surface area contributed by atoms with E-state index in [-0.39, 0.29) is 11.2 Å². The second-order valence-electron chi connectivity index (χ2n) is 4.49. The Morgan fingerprint density at radius 1 is 1.16 bits per heavy atom. The fourth-order valence-electron chi connectivity index (χ4n) is 2.24. The van der Waals surface area contributed by atoms with E-state index in [1.54, 1.807) is 7.05 Å². The van der Waals surface area contributed by atoms with E-state index in [1.807, 2.05) is 0 Å². The van der Waals surface area contributed by atoms with Crippen LogP contribution in [-0.4, -0.2) is 39.8 Å². The number of aryl methyl sites for hydroxylation is 1. The zero-order valence-electron chi connectivity index (χ0n) is 10.8. The molecule has 7 nitrogen and oxygen atoms in total. The van der Waals surface area contributed by atoms with Gasteiger partial charge in [0.2, 0.25) is 0 Å².